The maximum absolute atomic E-state index is 12.8. The number of likely N-dealkylation sites (N-methyl/N-ethyl adjacent to an activating group) is 1. The third-order valence-electron chi connectivity index (χ3n) is 7.69. The normalized spacial score (nSPS) is 18.9. The number of amides is 2. The van der Waals surface area contributed by atoms with E-state index in [-0.39, 0.29) is 5.91 Å². The molecule has 2 aliphatic heterocycles. The Morgan fingerprint density at radius 2 is 1.78 bits per heavy atom. The van der Waals surface area contributed by atoms with Gasteiger partial charge in [0, 0.05) is 43.4 Å². The summed E-state index contributed by atoms with van der Waals surface area (Å²) in [4.78, 5) is 36.5. The number of hydrogen-bond acceptors (Lipinski definition) is 7. The number of aromatic nitrogens is 3. The highest BCUT2D eigenvalue weighted by atomic mass is 16.2. The molecule has 3 N–H and O–H groups in total. The summed E-state index contributed by atoms with van der Waals surface area (Å²) >= 11 is 0. The van der Waals surface area contributed by atoms with Crippen LogP contribution in [0.15, 0.2) is 36.5 Å². The lowest BCUT2D eigenvalue weighted by Crippen LogP contribution is -2.55. The van der Waals surface area contributed by atoms with Gasteiger partial charge in [0.2, 0.25) is 12.4 Å². The number of benzene rings is 1. The number of fused-ring (bicyclic) bond motifs is 4. The van der Waals surface area contributed by atoms with E-state index in [4.69, 9.17) is 4.98 Å². The van der Waals surface area contributed by atoms with Crippen molar-refractivity contribution in [3.63, 3.8) is 0 Å². The molecule has 6 rings (SSSR count). The molecule has 37 heavy (non-hydrogen) atoms. The molecule has 2 fully saturated rings. The summed E-state index contributed by atoms with van der Waals surface area (Å²) in [5.74, 6) is 1.43. The molecule has 1 saturated heterocycles. The van der Waals surface area contributed by atoms with Gasteiger partial charge >= 0.3 is 0 Å². The highest BCUT2D eigenvalue weighted by Crippen LogP contribution is 2.42. The standard InChI is InChI=1S/C20H22N6O.C7H14N2O/c1-13-5-7-15(8-6-13)22-19-21-12-14-11-16-24-25-18(27)20(9-3-2-4-10-20)26(16)17(14)23-19;1-2-8-3-5-9(7-10)6-4-8/h5-8,11-12,24H,2-4,9-10H2,1H3,(H,25,27)(H,21,22,23);7H,2-6H2,1H3. The van der Waals surface area contributed by atoms with E-state index in [1.165, 1.54) is 12.0 Å². The number of carbonyl (C=O) groups is 2. The molecule has 3 aromatic rings. The van der Waals surface area contributed by atoms with Gasteiger partial charge in [-0.2, -0.15) is 4.98 Å². The highest BCUT2D eigenvalue weighted by molar-refractivity contribution is 5.93. The third-order valence-corrected chi connectivity index (χ3v) is 7.69. The number of hydrogen-bond donors (Lipinski definition) is 3. The highest BCUT2D eigenvalue weighted by Gasteiger charge is 2.46. The van der Waals surface area contributed by atoms with Crippen molar-refractivity contribution in [2.75, 3.05) is 43.5 Å². The average Bonchev–Trinajstić information content (AvgIpc) is 3.32. The zero-order valence-corrected chi connectivity index (χ0v) is 21.7. The van der Waals surface area contributed by atoms with Crippen molar-refractivity contribution < 1.29 is 9.59 Å². The molecule has 1 saturated carbocycles. The minimum Gasteiger partial charge on any atom is -0.343 e. The van der Waals surface area contributed by atoms with Crippen molar-refractivity contribution >= 4 is 40.8 Å². The molecule has 2 aromatic heterocycles. The summed E-state index contributed by atoms with van der Waals surface area (Å²) in [6.45, 7) is 9.18. The molecule has 1 spiro atoms. The summed E-state index contributed by atoms with van der Waals surface area (Å²) in [7, 11) is 0. The molecule has 0 atom stereocenters. The second kappa shape index (κ2) is 10.8. The second-order valence-electron chi connectivity index (χ2n) is 10.1. The lowest BCUT2D eigenvalue weighted by atomic mass is 9.80. The first-order chi connectivity index (χ1) is 18.0. The van der Waals surface area contributed by atoms with Gasteiger partial charge in [-0.15, -0.1) is 0 Å². The minimum absolute atomic E-state index is 0.0267. The van der Waals surface area contributed by atoms with Gasteiger partial charge in [0.25, 0.3) is 5.91 Å². The van der Waals surface area contributed by atoms with E-state index in [9.17, 15) is 9.59 Å². The van der Waals surface area contributed by atoms with Crippen LogP contribution in [0, 0.1) is 6.92 Å². The minimum atomic E-state index is -0.559. The van der Waals surface area contributed by atoms with E-state index in [1.807, 2.05) is 41.4 Å². The number of aryl methyl sites for hydroxylation is 1. The molecular formula is C27H36N8O2. The van der Waals surface area contributed by atoms with Crippen LogP contribution in [0.25, 0.3) is 11.0 Å². The lowest BCUT2D eigenvalue weighted by Gasteiger charge is -2.41. The van der Waals surface area contributed by atoms with Gasteiger partial charge in [-0.25, -0.2) is 4.98 Å². The van der Waals surface area contributed by atoms with E-state index in [0.29, 0.717) is 5.95 Å². The Balaban J connectivity index is 0.000000237. The number of nitrogens with zero attached hydrogens (tertiary/aromatic N) is 5. The lowest BCUT2D eigenvalue weighted by molar-refractivity contribution is -0.131. The summed E-state index contributed by atoms with van der Waals surface area (Å²) < 4.78 is 2.09. The molecule has 2 amide bonds. The Labute approximate surface area is 217 Å². The van der Waals surface area contributed by atoms with Crippen molar-refractivity contribution in [1.29, 1.82) is 0 Å². The fraction of sp³-hybridized carbons (Fsp3) is 0.481. The topological polar surface area (TPSA) is 107 Å². The monoisotopic (exact) mass is 504 g/mol. The molecule has 10 nitrogen and oxygen atoms in total. The summed E-state index contributed by atoms with van der Waals surface area (Å²) in [6.07, 6.45) is 7.69. The second-order valence-corrected chi connectivity index (χ2v) is 10.1. The number of carbonyl (C=O) groups excluding carboxylic acids is 2. The SMILES string of the molecule is CCN1CCN(C=O)CC1.Cc1ccc(Nc2ncc3cc4n(c3n2)C2(CCCCC2)C(=O)NN4)cc1. The van der Waals surface area contributed by atoms with Crippen LogP contribution in [0.2, 0.25) is 0 Å². The van der Waals surface area contributed by atoms with Crippen molar-refractivity contribution in [2.45, 2.75) is 51.5 Å². The fourth-order valence-corrected chi connectivity index (χ4v) is 5.45. The van der Waals surface area contributed by atoms with Gasteiger partial charge in [0.15, 0.2) is 0 Å². The van der Waals surface area contributed by atoms with E-state index in [0.717, 1.165) is 87.4 Å². The molecule has 196 valence electrons. The van der Waals surface area contributed by atoms with E-state index < -0.39 is 5.54 Å². The summed E-state index contributed by atoms with van der Waals surface area (Å²) in [5, 5.41) is 4.19. The number of nitrogens with one attached hydrogen (secondary N) is 3. The van der Waals surface area contributed by atoms with Gasteiger partial charge in [-0.3, -0.25) is 25.0 Å². The smallest absolute Gasteiger partial charge is 0.264 e. The quantitative estimate of drug-likeness (QED) is 0.468. The van der Waals surface area contributed by atoms with Crippen LogP contribution in [-0.2, 0) is 15.1 Å². The molecule has 3 aliphatic rings. The first kappa shape index (κ1) is 25.0. The largest absolute Gasteiger partial charge is 0.343 e. The van der Waals surface area contributed by atoms with Gasteiger partial charge in [-0.05, 0) is 44.5 Å². The number of anilines is 3. The van der Waals surface area contributed by atoms with Gasteiger partial charge in [0.05, 0.1) is 0 Å². The van der Waals surface area contributed by atoms with Crippen LogP contribution in [0.1, 0.15) is 44.6 Å². The Kier molecular flexibility index (Phi) is 7.27. The zero-order chi connectivity index (χ0) is 25.8. The molecule has 1 aliphatic carbocycles. The number of piperazine rings is 1. The van der Waals surface area contributed by atoms with Crippen LogP contribution in [0.3, 0.4) is 0 Å². The first-order valence-electron chi connectivity index (χ1n) is 13.2. The van der Waals surface area contributed by atoms with Gasteiger partial charge in [0.1, 0.15) is 17.0 Å². The Morgan fingerprint density at radius 1 is 1.05 bits per heavy atom. The average molecular weight is 505 g/mol. The van der Waals surface area contributed by atoms with Crippen molar-refractivity contribution in [3.05, 3.63) is 42.1 Å². The van der Waals surface area contributed by atoms with Gasteiger partial charge in [-0.1, -0.05) is 43.9 Å². The Hall–Kier alpha value is -3.66. The summed E-state index contributed by atoms with van der Waals surface area (Å²) in [6, 6.07) is 10.1. The molecule has 0 bridgehead atoms. The van der Waals surface area contributed by atoms with Crippen molar-refractivity contribution in [1.82, 2.24) is 29.8 Å². The maximum atomic E-state index is 12.8. The van der Waals surface area contributed by atoms with Crippen LogP contribution < -0.4 is 16.2 Å². The maximum Gasteiger partial charge on any atom is 0.264 e. The van der Waals surface area contributed by atoms with E-state index in [1.54, 1.807) is 0 Å². The van der Waals surface area contributed by atoms with Gasteiger partial charge < -0.3 is 15.1 Å². The van der Waals surface area contributed by atoms with E-state index in [2.05, 4.69) is 44.5 Å². The van der Waals surface area contributed by atoms with Crippen molar-refractivity contribution in [3.8, 4) is 0 Å². The molecular weight excluding hydrogens is 468 g/mol. The predicted molar refractivity (Wildman–Crippen MR) is 145 cm³/mol. The van der Waals surface area contributed by atoms with Crippen LogP contribution >= 0.6 is 0 Å². The van der Waals surface area contributed by atoms with Crippen molar-refractivity contribution in [2.24, 2.45) is 0 Å². The van der Waals surface area contributed by atoms with Crippen LogP contribution in [-0.4, -0.2) is 69.4 Å². The first-order valence-corrected chi connectivity index (χ1v) is 13.2. The molecule has 0 unspecified atom stereocenters. The predicted octanol–water partition coefficient (Wildman–Crippen LogP) is 3.38. The summed E-state index contributed by atoms with van der Waals surface area (Å²) in [5.41, 5.74) is 8.24. The molecule has 0 radical (unpaired) electrons. The fourth-order valence-electron chi connectivity index (χ4n) is 5.45. The Bertz CT molecular complexity index is 1240. The zero-order valence-electron chi connectivity index (χ0n) is 21.7. The number of hydrazine groups is 1. The Morgan fingerprint density at radius 3 is 2.46 bits per heavy atom. The molecule has 1 aromatic carbocycles. The van der Waals surface area contributed by atoms with Crippen LogP contribution in [0.4, 0.5) is 17.5 Å². The third kappa shape index (κ3) is 5.11. The van der Waals surface area contributed by atoms with E-state index >= 15 is 0 Å². The number of rotatable bonds is 4. The molecule has 4 heterocycles. The van der Waals surface area contributed by atoms with Crippen LogP contribution in [0.5, 0.6) is 0 Å². The molecule has 10 heteroatoms.